The van der Waals surface area contributed by atoms with Crippen molar-refractivity contribution in [3.63, 3.8) is 0 Å². The van der Waals surface area contributed by atoms with Gasteiger partial charge < -0.3 is 24.1 Å². The number of alkyl halides is 3. The molecule has 0 aliphatic heterocycles. The number of carboxylic acid groups (broad SMARTS) is 1. The topological polar surface area (TPSA) is 87.1 Å². The molecule has 0 spiro atoms. The highest BCUT2D eigenvalue weighted by molar-refractivity contribution is 7.12. The Morgan fingerprint density at radius 3 is 2.44 bits per heavy atom. The van der Waals surface area contributed by atoms with Gasteiger partial charge in [-0.1, -0.05) is 13.0 Å². The van der Waals surface area contributed by atoms with Crippen LogP contribution in [0.25, 0.3) is 11.3 Å². The predicted molar refractivity (Wildman–Crippen MR) is 150 cm³/mol. The Kier molecular flexibility index (Phi) is 11.2. The minimum absolute atomic E-state index is 0.0748. The Morgan fingerprint density at radius 1 is 1.12 bits per heavy atom. The van der Waals surface area contributed by atoms with Crippen LogP contribution < -0.4 is 14.2 Å². The van der Waals surface area contributed by atoms with E-state index in [1.54, 1.807) is 31.2 Å². The second-order valence-corrected chi connectivity index (χ2v) is 10.2. The number of hydrogen-bond donors (Lipinski definition) is 1. The van der Waals surface area contributed by atoms with E-state index in [0.717, 1.165) is 28.2 Å². The number of thiazole rings is 1. The number of aryl methyl sites for hydroxylation is 1. The van der Waals surface area contributed by atoms with Crippen molar-refractivity contribution < 1.29 is 42.0 Å². The number of carbonyl (C=O) groups is 1. The maximum Gasteiger partial charge on any atom is 0.573 e. The average molecular weight is 592 g/mol. The van der Waals surface area contributed by atoms with Crippen LogP contribution in [0, 0.1) is 6.92 Å². The quantitative estimate of drug-likeness (QED) is 0.151. The zero-order valence-electron chi connectivity index (χ0n) is 23.2. The number of carboxylic acids is 1. The summed E-state index contributed by atoms with van der Waals surface area (Å²) in [6.45, 7) is 7.00. The first kappa shape index (κ1) is 31.5. The van der Waals surface area contributed by atoms with E-state index in [1.165, 1.54) is 30.4 Å². The summed E-state index contributed by atoms with van der Waals surface area (Å²) in [6.07, 6.45) is 0.626. The zero-order valence-corrected chi connectivity index (χ0v) is 24.0. The highest BCUT2D eigenvalue weighted by atomic mass is 32.1. The molecule has 2 aromatic carbocycles. The summed E-state index contributed by atoms with van der Waals surface area (Å²) in [4.78, 5) is 16.4. The van der Waals surface area contributed by atoms with Crippen molar-refractivity contribution in [1.82, 2.24) is 4.98 Å². The second-order valence-electron chi connectivity index (χ2n) is 8.98. The molecule has 11 heteroatoms. The monoisotopic (exact) mass is 591 g/mol. The average Bonchev–Trinajstić information content (AvgIpc) is 3.33. The molecule has 0 aliphatic rings. The van der Waals surface area contributed by atoms with Gasteiger partial charge in [0.25, 0.3) is 0 Å². The van der Waals surface area contributed by atoms with Gasteiger partial charge in [0.1, 0.15) is 34.6 Å². The van der Waals surface area contributed by atoms with E-state index in [4.69, 9.17) is 24.3 Å². The van der Waals surface area contributed by atoms with Gasteiger partial charge in [0.15, 0.2) is 6.61 Å². The van der Waals surface area contributed by atoms with E-state index in [2.05, 4.69) is 4.74 Å². The Hall–Kier alpha value is -3.99. The minimum atomic E-state index is -4.77. The third-order valence-electron chi connectivity index (χ3n) is 5.74. The molecule has 0 radical (unpaired) electrons. The highest BCUT2D eigenvalue weighted by Gasteiger charge is 2.31. The highest BCUT2D eigenvalue weighted by Crippen LogP contribution is 2.32. The molecule has 0 saturated carbocycles. The predicted octanol–water partition coefficient (Wildman–Crippen LogP) is 7.88. The van der Waals surface area contributed by atoms with Crippen molar-refractivity contribution in [1.29, 1.82) is 0 Å². The molecule has 220 valence electrons. The fraction of sp³-hybridized carbons (Fsp3) is 0.333. The molecule has 0 saturated heterocycles. The number of benzene rings is 2. The van der Waals surface area contributed by atoms with Gasteiger partial charge in [-0.05, 0) is 87.4 Å². The summed E-state index contributed by atoms with van der Waals surface area (Å²) in [6, 6.07) is 12.6. The van der Waals surface area contributed by atoms with Crippen molar-refractivity contribution in [3.05, 3.63) is 81.9 Å². The number of allylic oxidation sites excluding steroid dienone is 3. The molecular formula is C30H32F3NO6S. The van der Waals surface area contributed by atoms with Crippen molar-refractivity contribution >= 4 is 17.3 Å². The number of nitrogens with zero attached hydrogens (tertiary/aromatic N) is 1. The van der Waals surface area contributed by atoms with Crippen LogP contribution in [0.1, 0.15) is 42.6 Å². The fourth-order valence-corrected chi connectivity index (χ4v) is 4.58. The van der Waals surface area contributed by atoms with Crippen LogP contribution in [0.15, 0.2) is 66.5 Å². The van der Waals surface area contributed by atoms with E-state index in [0.29, 0.717) is 28.6 Å². The van der Waals surface area contributed by atoms with E-state index < -0.39 is 18.9 Å². The summed E-state index contributed by atoms with van der Waals surface area (Å²) in [5, 5.41) is 9.49. The summed E-state index contributed by atoms with van der Waals surface area (Å²) in [5.74, 6) is 0.363. The number of aliphatic carboxylic acids is 1. The van der Waals surface area contributed by atoms with Crippen LogP contribution in [0.2, 0.25) is 0 Å². The van der Waals surface area contributed by atoms with Gasteiger partial charge in [-0.15, -0.1) is 24.5 Å². The second kappa shape index (κ2) is 14.6. The van der Waals surface area contributed by atoms with Crippen LogP contribution in [0.4, 0.5) is 13.2 Å². The number of aromatic nitrogens is 1. The van der Waals surface area contributed by atoms with E-state index in [1.807, 2.05) is 38.1 Å². The van der Waals surface area contributed by atoms with Crippen molar-refractivity contribution in [3.8, 4) is 28.5 Å². The third kappa shape index (κ3) is 10.2. The molecule has 0 bridgehead atoms. The SMILES string of the molecule is C/C=C(\C=C/Cc1sc(COc2ccc(OCC(=O)O)c(C)c2)nc1-c1ccc(OC(C)CC)cc1)OC(F)(F)F. The standard InChI is InChI=1S/C30H32F3NO6S/c1-5-20(4)39-23-12-10-21(11-13-23)29-26(9-7-8-22(6-2)40-30(31,32)33)41-27(34-29)17-37-24-14-15-25(19(3)16-24)38-18-28(35)36/h6-8,10-16,20H,5,9,17-18H2,1-4H3,(H,35,36)/b8-7-,22-6+. The van der Waals surface area contributed by atoms with E-state index in [9.17, 15) is 18.0 Å². The lowest BCUT2D eigenvalue weighted by molar-refractivity contribution is -0.303. The Balaban J connectivity index is 1.80. The summed E-state index contributed by atoms with van der Waals surface area (Å²) >= 11 is 1.39. The Morgan fingerprint density at radius 2 is 1.83 bits per heavy atom. The van der Waals surface area contributed by atoms with Gasteiger partial charge in [-0.2, -0.15) is 0 Å². The maximum absolute atomic E-state index is 12.6. The summed E-state index contributed by atoms with van der Waals surface area (Å²) in [7, 11) is 0. The first-order chi connectivity index (χ1) is 19.5. The molecule has 7 nitrogen and oxygen atoms in total. The van der Waals surface area contributed by atoms with Crippen LogP contribution in [0.5, 0.6) is 17.2 Å². The molecule has 1 N–H and O–H groups in total. The molecule has 41 heavy (non-hydrogen) atoms. The molecule has 1 heterocycles. The number of halogens is 3. The van der Waals surface area contributed by atoms with Gasteiger partial charge in [0.2, 0.25) is 0 Å². The smallest absolute Gasteiger partial charge is 0.491 e. The summed E-state index contributed by atoms with van der Waals surface area (Å²) in [5.41, 5.74) is 2.25. The minimum Gasteiger partial charge on any atom is -0.491 e. The molecule has 0 aliphatic carbocycles. The van der Waals surface area contributed by atoms with Crippen molar-refractivity contribution in [2.75, 3.05) is 6.61 Å². The molecule has 0 fully saturated rings. The van der Waals surface area contributed by atoms with Crippen molar-refractivity contribution in [2.24, 2.45) is 0 Å². The molecule has 3 aromatic rings. The fourth-order valence-electron chi connectivity index (χ4n) is 3.60. The van der Waals surface area contributed by atoms with Crippen LogP contribution in [-0.4, -0.2) is 35.1 Å². The summed E-state index contributed by atoms with van der Waals surface area (Å²) < 4.78 is 59.0. The van der Waals surface area contributed by atoms with Crippen LogP contribution >= 0.6 is 11.3 Å². The molecule has 1 aromatic heterocycles. The van der Waals surface area contributed by atoms with Gasteiger partial charge in [-0.3, -0.25) is 0 Å². The van der Waals surface area contributed by atoms with E-state index in [-0.39, 0.29) is 18.5 Å². The Bertz CT molecular complexity index is 1370. The molecular weight excluding hydrogens is 559 g/mol. The molecule has 1 atom stereocenters. The zero-order chi connectivity index (χ0) is 30.0. The largest absolute Gasteiger partial charge is 0.573 e. The molecule has 3 rings (SSSR count). The van der Waals surface area contributed by atoms with Gasteiger partial charge in [0, 0.05) is 16.9 Å². The normalized spacial score (nSPS) is 12.8. The third-order valence-corrected chi connectivity index (χ3v) is 6.80. The van der Waals surface area contributed by atoms with E-state index >= 15 is 0 Å². The number of rotatable bonds is 14. The van der Waals surface area contributed by atoms with Gasteiger partial charge in [-0.25, -0.2) is 9.78 Å². The molecule has 1 unspecified atom stereocenters. The Labute approximate surface area is 240 Å². The lowest BCUT2D eigenvalue weighted by Gasteiger charge is -2.12. The number of ether oxygens (including phenoxy) is 4. The van der Waals surface area contributed by atoms with Crippen LogP contribution in [-0.2, 0) is 22.6 Å². The van der Waals surface area contributed by atoms with Crippen LogP contribution in [0.3, 0.4) is 0 Å². The molecule has 0 amide bonds. The lowest BCUT2D eigenvalue weighted by atomic mass is 10.1. The van der Waals surface area contributed by atoms with Gasteiger partial charge >= 0.3 is 12.3 Å². The van der Waals surface area contributed by atoms with Gasteiger partial charge in [0.05, 0.1) is 11.8 Å². The maximum atomic E-state index is 12.6. The number of hydrogen-bond acceptors (Lipinski definition) is 7. The first-order valence-corrected chi connectivity index (χ1v) is 13.7. The lowest BCUT2D eigenvalue weighted by Crippen LogP contribution is -2.11. The first-order valence-electron chi connectivity index (χ1n) is 12.9. The van der Waals surface area contributed by atoms with Crippen molar-refractivity contribution in [2.45, 2.75) is 59.6 Å².